The van der Waals surface area contributed by atoms with Crippen LogP contribution in [0.3, 0.4) is 0 Å². The topological polar surface area (TPSA) is 18.5 Å². The first kappa shape index (κ1) is 11.4. The molecule has 2 nitrogen and oxygen atoms in total. The average Bonchev–Trinajstić information content (AvgIpc) is 2.29. The summed E-state index contributed by atoms with van der Waals surface area (Å²) in [5, 5.41) is 0. The van der Waals surface area contributed by atoms with Crippen LogP contribution in [-0.2, 0) is 15.7 Å². The molecule has 88 valence electrons. The number of benzene rings is 1. The van der Waals surface area contributed by atoms with Gasteiger partial charge in [-0.25, -0.2) is 0 Å². The van der Waals surface area contributed by atoms with Gasteiger partial charge in [-0.1, -0.05) is 12.1 Å². The molecule has 1 aromatic rings. The zero-order valence-corrected chi connectivity index (χ0v) is 8.46. The average molecular weight is 232 g/mol. The molecular formula is C11H11F3O2. The summed E-state index contributed by atoms with van der Waals surface area (Å²) in [5.41, 5.74) is 0.0701. The highest BCUT2D eigenvalue weighted by Crippen LogP contribution is 2.30. The van der Waals surface area contributed by atoms with Gasteiger partial charge in [0.1, 0.15) is 6.10 Å². The molecule has 1 unspecified atom stereocenters. The summed E-state index contributed by atoms with van der Waals surface area (Å²) < 4.78 is 47.5. The lowest BCUT2D eigenvalue weighted by Gasteiger charge is -2.23. The summed E-state index contributed by atoms with van der Waals surface area (Å²) >= 11 is 0. The second-order valence-corrected chi connectivity index (χ2v) is 3.55. The minimum absolute atomic E-state index is 0.254. The quantitative estimate of drug-likeness (QED) is 0.741. The number of alkyl halides is 3. The molecule has 1 saturated heterocycles. The third-order valence-electron chi connectivity index (χ3n) is 2.43. The Hall–Kier alpha value is -1.07. The zero-order valence-electron chi connectivity index (χ0n) is 8.46. The predicted octanol–water partition coefficient (Wildman–Crippen LogP) is 2.79. The molecule has 1 atom stereocenters. The first-order valence-electron chi connectivity index (χ1n) is 4.94. The molecule has 1 heterocycles. The minimum atomic E-state index is -4.29. The van der Waals surface area contributed by atoms with Crippen molar-refractivity contribution in [2.45, 2.75) is 12.3 Å². The van der Waals surface area contributed by atoms with Crippen LogP contribution < -0.4 is 0 Å². The van der Waals surface area contributed by atoms with E-state index in [1.165, 1.54) is 12.1 Å². The van der Waals surface area contributed by atoms with Gasteiger partial charge in [-0.3, -0.25) is 0 Å². The highest BCUT2D eigenvalue weighted by atomic mass is 19.4. The predicted molar refractivity (Wildman–Crippen MR) is 51.0 cm³/mol. The Morgan fingerprint density at radius 1 is 1.06 bits per heavy atom. The fraction of sp³-hybridized carbons (Fsp3) is 0.455. The number of hydrogen-bond acceptors (Lipinski definition) is 2. The zero-order chi connectivity index (χ0) is 11.6. The molecule has 0 amide bonds. The maximum atomic E-state index is 12.3. The van der Waals surface area contributed by atoms with E-state index in [9.17, 15) is 13.2 Å². The van der Waals surface area contributed by atoms with E-state index >= 15 is 0 Å². The normalized spacial score (nSPS) is 22.1. The molecule has 0 saturated carbocycles. The lowest BCUT2D eigenvalue weighted by molar-refractivity contribution is -0.137. The van der Waals surface area contributed by atoms with Crippen LogP contribution in [0.4, 0.5) is 13.2 Å². The van der Waals surface area contributed by atoms with E-state index in [4.69, 9.17) is 9.47 Å². The highest BCUT2D eigenvalue weighted by molar-refractivity contribution is 5.26. The van der Waals surface area contributed by atoms with Gasteiger partial charge in [0.05, 0.1) is 25.4 Å². The van der Waals surface area contributed by atoms with E-state index in [0.29, 0.717) is 25.4 Å². The van der Waals surface area contributed by atoms with Crippen molar-refractivity contribution in [1.82, 2.24) is 0 Å². The number of ether oxygens (including phenoxy) is 2. The molecule has 5 heteroatoms. The second-order valence-electron chi connectivity index (χ2n) is 3.55. The van der Waals surface area contributed by atoms with E-state index in [1.807, 2.05) is 0 Å². The lowest BCUT2D eigenvalue weighted by atomic mass is 10.1. The Bertz CT molecular complexity index is 339. The Kier molecular flexibility index (Phi) is 3.16. The molecule has 0 bridgehead atoms. The van der Waals surface area contributed by atoms with Crippen LogP contribution in [0.5, 0.6) is 0 Å². The monoisotopic (exact) mass is 232 g/mol. The molecule has 16 heavy (non-hydrogen) atoms. The van der Waals surface area contributed by atoms with Gasteiger partial charge in [0.2, 0.25) is 0 Å². The third-order valence-corrected chi connectivity index (χ3v) is 2.43. The van der Waals surface area contributed by atoms with Crippen LogP contribution >= 0.6 is 0 Å². The standard InChI is InChI=1S/C11H11F3O2/c12-11(13,14)9-3-1-8(2-4-9)10-7-15-5-6-16-10/h1-4,10H,5-7H2. The Balaban J connectivity index is 2.12. The van der Waals surface area contributed by atoms with Gasteiger partial charge < -0.3 is 9.47 Å². The highest BCUT2D eigenvalue weighted by Gasteiger charge is 2.30. The molecule has 0 spiro atoms. The maximum absolute atomic E-state index is 12.3. The van der Waals surface area contributed by atoms with Crippen molar-refractivity contribution < 1.29 is 22.6 Å². The van der Waals surface area contributed by atoms with Gasteiger partial charge in [-0.05, 0) is 17.7 Å². The van der Waals surface area contributed by atoms with Gasteiger partial charge in [0.25, 0.3) is 0 Å². The van der Waals surface area contributed by atoms with E-state index < -0.39 is 11.7 Å². The molecule has 1 aliphatic heterocycles. The molecule has 1 fully saturated rings. The smallest absolute Gasteiger partial charge is 0.376 e. The molecule has 0 aliphatic carbocycles. The summed E-state index contributed by atoms with van der Waals surface area (Å²) in [6.45, 7) is 1.41. The Morgan fingerprint density at radius 2 is 1.75 bits per heavy atom. The molecule has 0 radical (unpaired) electrons. The maximum Gasteiger partial charge on any atom is 0.416 e. The molecule has 0 aromatic heterocycles. The lowest BCUT2D eigenvalue weighted by Crippen LogP contribution is -2.22. The second kappa shape index (κ2) is 4.43. The SMILES string of the molecule is FC(F)(F)c1ccc(C2COCCO2)cc1. The van der Waals surface area contributed by atoms with Gasteiger partial charge in [-0.15, -0.1) is 0 Å². The van der Waals surface area contributed by atoms with Crippen LogP contribution in [0.15, 0.2) is 24.3 Å². The molecule has 2 rings (SSSR count). The fourth-order valence-corrected chi connectivity index (χ4v) is 1.57. The fourth-order valence-electron chi connectivity index (χ4n) is 1.57. The Labute approximate surface area is 91.0 Å². The van der Waals surface area contributed by atoms with Gasteiger partial charge in [0, 0.05) is 0 Å². The minimum Gasteiger partial charge on any atom is -0.376 e. The van der Waals surface area contributed by atoms with E-state index in [2.05, 4.69) is 0 Å². The van der Waals surface area contributed by atoms with Crippen molar-refractivity contribution in [3.63, 3.8) is 0 Å². The molecule has 1 aliphatic rings. The Morgan fingerprint density at radius 3 is 2.25 bits per heavy atom. The summed E-state index contributed by atoms with van der Waals surface area (Å²) in [7, 11) is 0. The van der Waals surface area contributed by atoms with Crippen molar-refractivity contribution in [2.24, 2.45) is 0 Å². The summed E-state index contributed by atoms with van der Waals surface area (Å²) in [5.74, 6) is 0. The van der Waals surface area contributed by atoms with Crippen molar-refractivity contribution in [1.29, 1.82) is 0 Å². The van der Waals surface area contributed by atoms with Crippen molar-refractivity contribution in [2.75, 3.05) is 19.8 Å². The van der Waals surface area contributed by atoms with Crippen molar-refractivity contribution in [3.05, 3.63) is 35.4 Å². The molecule has 1 aromatic carbocycles. The van der Waals surface area contributed by atoms with Gasteiger partial charge in [0.15, 0.2) is 0 Å². The van der Waals surface area contributed by atoms with Crippen LogP contribution in [0.1, 0.15) is 17.2 Å². The summed E-state index contributed by atoms with van der Waals surface area (Å²) in [6, 6.07) is 4.99. The van der Waals surface area contributed by atoms with Gasteiger partial charge in [-0.2, -0.15) is 13.2 Å². The largest absolute Gasteiger partial charge is 0.416 e. The first-order valence-corrected chi connectivity index (χ1v) is 4.94. The number of rotatable bonds is 1. The number of halogens is 3. The van der Waals surface area contributed by atoms with Crippen LogP contribution in [-0.4, -0.2) is 19.8 Å². The van der Waals surface area contributed by atoms with Crippen LogP contribution in [0, 0.1) is 0 Å². The first-order chi connectivity index (χ1) is 7.57. The van der Waals surface area contributed by atoms with Crippen LogP contribution in [0.25, 0.3) is 0 Å². The van der Waals surface area contributed by atoms with Gasteiger partial charge >= 0.3 is 6.18 Å². The summed E-state index contributed by atoms with van der Waals surface area (Å²) in [6.07, 6.45) is -4.54. The van der Waals surface area contributed by atoms with Crippen LogP contribution in [0.2, 0.25) is 0 Å². The number of hydrogen-bond donors (Lipinski definition) is 0. The third kappa shape index (κ3) is 2.54. The molecule has 0 N–H and O–H groups in total. The van der Waals surface area contributed by atoms with Crippen molar-refractivity contribution >= 4 is 0 Å². The van der Waals surface area contributed by atoms with Crippen molar-refractivity contribution in [3.8, 4) is 0 Å². The van der Waals surface area contributed by atoms with E-state index in [1.54, 1.807) is 0 Å². The van der Waals surface area contributed by atoms with E-state index in [0.717, 1.165) is 12.1 Å². The molecular weight excluding hydrogens is 221 g/mol. The summed E-state index contributed by atoms with van der Waals surface area (Å²) in [4.78, 5) is 0. The van der Waals surface area contributed by atoms with E-state index in [-0.39, 0.29) is 6.10 Å².